The Morgan fingerprint density at radius 1 is 1.70 bits per heavy atom. The van der Waals surface area contributed by atoms with Crippen LogP contribution in [0.1, 0.15) is 5.56 Å². The van der Waals surface area contributed by atoms with Crippen LogP contribution in [0, 0.1) is 6.92 Å². The largest absolute Gasteiger partial charge is 1.00 e. The van der Waals surface area contributed by atoms with Crippen LogP contribution in [0.3, 0.4) is 0 Å². The maximum Gasteiger partial charge on any atom is 1.00 e. The van der Waals surface area contributed by atoms with Crippen LogP contribution in [0.25, 0.3) is 0 Å². The number of hydrogen-bond acceptors (Lipinski definition) is 3. The van der Waals surface area contributed by atoms with E-state index in [1.807, 2.05) is 13.0 Å². The molecule has 0 radical (unpaired) electrons. The zero-order valence-electron chi connectivity index (χ0n) is 6.03. The first kappa shape index (κ1) is 12.1. The van der Waals surface area contributed by atoms with Crippen molar-refractivity contribution in [1.82, 2.24) is 0 Å². The van der Waals surface area contributed by atoms with Crippen molar-refractivity contribution in [2.45, 2.75) is 6.92 Å². The number of carbonyl (C=O) groups is 1. The SMILES string of the molecule is Cc1ccoc1.O=C[O-].[Li+]. The molecule has 0 aliphatic carbocycles. The zero-order valence-corrected chi connectivity index (χ0v) is 6.03. The van der Waals surface area contributed by atoms with Crippen LogP contribution in [0.4, 0.5) is 0 Å². The van der Waals surface area contributed by atoms with Gasteiger partial charge in [0.25, 0.3) is 0 Å². The van der Waals surface area contributed by atoms with E-state index in [4.69, 9.17) is 14.3 Å². The first-order chi connectivity index (χ1) is 4.31. The van der Waals surface area contributed by atoms with Gasteiger partial charge in [-0.15, -0.1) is 0 Å². The van der Waals surface area contributed by atoms with Crippen molar-refractivity contribution in [1.29, 1.82) is 0 Å². The van der Waals surface area contributed by atoms with Crippen LogP contribution in [0.5, 0.6) is 0 Å². The summed E-state index contributed by atoms with van der Waals surface area (Å²) in [5, 5.41) is 8.25. The molecule has 0 N–H and O–H groups in total. The van der Waals surface area contributed by atoms with E-state index in [0.29, 0.717) is 0 Å². The maximum atomic E-state index is 8.25. The Hall–Kier alpha value is -0.653. The van der Waals surface area contributed by atoms with Crippen molar-refractivity contribution >= 4 is 6.47 Å². The van der Waals surface area contributed by atoms with Crippen LogP contribution < -0.4 is 24.0 Å². The van der Waals surface area contributed by atoms with Crippen LogP contribution in [-0.4, -0.2) is 6.47 Å². The topological polar surface area (TPSA) is 53.3 Å². The monoisotopic (exact) mass is 134 g/mol. The van der Waals surface area contributed by atoms with E-state index in [1.165, 1.54) is 5.56 Å². The van der Waals surface area contributed by atoms with Crippen molar-refractivity contribution < 1.29 is 33.2 Å². The Morgan fingerprint density at radius 2 is 2.20 bits per heavy atom. The van der Waals surface area contributed by atoms with E-state index >= 15 is 0 Å². The van der Waals surface area contributed by atoms with E-state index in [-0.39, 0.29) is 18.9 Å². The zero-order chi connectivity index (χ0) is 7.11. The number of aryl methyl sites for hydroxylation is 1. The Morgan fingerprint density at radius 3 is 2.30 bits per heavy atom. The summed E-state index contributed by atoms with van der Waals surface area (Å²) in [6, 6.07) is 1.92. The summed E-state index contributed by atoms with van der Waals surface area (Å²) in [4.78, 5) is 8.25. The fraction of sp³-hybridized carbons (Fsp3) is 0.167. The molecule has 0 aliphatic rings. The van der Waals surface area contributed by atoms with E-state index in [1.54, 1.807) is 12.5 Å². The van der Waals surface area contributed by atoms with Crippen LogP contribution >= 0.6 is 0 Å². The summed E-state index contributed by atoms with van der Waals surface area (Å²) >= 11 is 0. The average molecular weight is 134 g/mol. The second kappa shape index (κ2) is 8.35. The van der Waals surface area contributed by atoms with Crippen molar-refractivity contribution in [3.05, 3.63) is 24.2 Å². The number of rotatable bonds is 0. The van der Waals surface area contributed by atoms with Gasteiger partial charge in [0.2, 0.25) is 0 Å². The standard InChI is InChI=1S/C5H6O.CH2O2.Li/c1-5-2-3-6-4-5;2-1-3;/h2-4H,1H3;1H,(H,2,3);/q;;+1/p-1. The molecule has 0 unspecified atom stereocenters. The molecule has 0 aliphatic heterocycles. The molecule has 1 rings (SSSR count). The van der Waals surface area contributed by atoms with Gasteiger partial charge in [0, 0.05) is 6.47 Å². The molecule has 0 spiro atoms. The Labute approximate surface area is 71.2 Å². The van der Waals surface area contributed by atoms with Gasteiger partial charge in [-0.05, 0) is 18.6 Å². The smallest absolute Gasteiger partial charge is 0.554 e. The minimum atomic E-state index is -0.500. The molecule has 10 heavy (non-hydrogen) atoms. The van der Waals surface area contributed by atoms with Crippen molar-refractivity contribution in [2.75, 3.05) is 0 Å². The van der Waals surface area contributed by atoms with Gasteiger partial charge in [-0.1, -0.05) is 0 Å². The molecular formula is C6H7LiO3. The first-order valence-corrected chi connectivity index (χ1v) is 2.35. The molecule has 4 heteroatoms. The first-order valence-electron chi connectivity index (χ1n) is 2.35. The summed E-state index contributed by atoms with van der Waals surface area (Å²) < 4.78 is 4.71. The fourth-order valence-electron chi connectivity index (χ4n) is 0.333. The van der Waals surface area contributed by atoms with Crippen molar-refractivity contribution in [3.8, 4) is 0 Å². The summed E-state index contributed by atoms with van der Waals surface area (Å²) in [6.07, 6.45) is 3.37. The number of carboxylic acid groups (broad SMARTS) is 1. The second-order valence-electron chi connectivity index (χ2n) is 1.40. The maximum absolute atomic E-state index is 8.25. The third-order valence-electron chi connectivity index (χ3n) is 0.663. The predicted octanol–water partition coefficient (Wildman–Crippen LogP) is -3.04. The third kappa shape index (κ3) is 7.35. The van der Waals surface area contributed by atoms with Gasteiger partial charge in [0.05, 0.1) is 12.5 Å². The molecule has 0 saturated heterocycles. The average Bonchev–Trinajstić information content (AvgIpc) is 2.20. The second-order valence-corrected chi connectivity index (χ2v) is 1.40. The van der Waals surface area contributed by atoms with Crippen LogP contribution in [0.15, 0.2) is 23.0 Å². The number of carbonyl (C=O) groups excluding carboxylic acids is 1. The van der Waals surface area contributed by atoms with Crippen LogP contribution in [0.2, 0.25) is 0 Å². The molecule has 50 valence electrons. The molecule has 1 heterocycles. The number of furan rings is 1. The van der Waals surface area contributed by atoms with Gasteiger partial charge in [-0.25, -0.2) is 0 Å². The summed E-state index contributed by atoms with van der Waals surface area (Å²) in [5.41, 5.74) is 1.18. The third-order valence-corrected chi connectivity index (χ3v) is 0.663. The van der Waals surface area contributed by atoms with Gasteiger partial charge in [0.1, 0.15) is 0 Å². The molecule has 1 aromatic heterocycles. The predicted molar refractivity (Wildman–Crippen MR) is 29.5 cm³/mol. The van der Waals surface area contributed by atoms with Gasteiger partial charge in [-0.2, -0.15) is 0 Å². The quantitative estimate of drug-likeness (QED) is 0.280. The Bertz CT molecular complexity index is 148. The minimum Gasteiger partial charge on any atom is -0.554 e. The minimum absolute atomic E-state index is 0. The summed E-state index contributed by atoms with van der Waals surface area (Å²) in [6.45, 7) is 1.49. The van der Waals surface area contributed by atoms with Crippen molar-refractivity contribution in [3.63, 3.8) is 0 Å². The molecule has 0 aromatic carbocycles. The van der Waals surface area contributed by atoms with E-state index in [9.17, 15) is 0 Å². The molecular weight excluding hydrogens is 127 g/mol. The molecule has 0 atom stereocenters. The molecule has 0 saturated carbocycles. The van der Waals surface area contributed by atoms with Gasteiger partial charge in [-0.3, -0.25) is 0 Å². The molecule has 0 amide bonds. The van der Waals surface area contributed by atoms with Crippen molar-refractivity contribution in [2.24, 2.45) is 0 Å². The molecule has 0 bridgehead atoms. The summed E-state index contributed by atoms with van der Waals surface area (Å²) in [5.74, 6) is 0. The number of hydrogen-bond donors (Lipinski definition) is 0. The molecule has 1 aromatic rings. The van der Waals surface area contributed by atoms with Gasteiger partial charge in [0.15, 0.2) is 0 Å². The van der Waals surface area contributed by atoms with Gasteiger partial charge < -0.3 is 14.3 Å². The summed E-state index contributed by atoms with van der Waals surface area (Å²) in [7, 11) is 0. The molecule has 3 nitrogen and oxygen atoms in total. The van der Waals surface area contributed by atoms with Gasteiger partial charge >= 0.3 is 18.9 Å². The van der Waals surface area contributed by atoms with E-state index in [2.05, 4.69) is 0 Å². The van der Waals surface area contributed by atoms with E-state index < -0.39 is 6.47 Å². The van der Waals surface area contributed by atoms with E-state index in [0.717, 1.165) is 0 Å². The van der Waals surface area contributed by atoms with Crippen LogP contribution in [-0.2, 0) is 4.79 Å². The fourth-order valence-corrected chi connectivity index (χ4v) is 0.333. The normalized spacial score (nSPS) is 6.50. The Kier molecular flexibility index (Phi) is 10.1. The Balaban J connectivity index is 0. The molecule has 0 fully saturated rings.